The average Bonchev–Trinajstić information content (AvgIpc) is 2.73. The molecule has 0 aliphatic heterocycles. The van der Waals surface area contributed by atoms with Gasteiger partial charge in [-0.2, -0.15) is 0 Å². The van der Waals surface area contributed by atoms with Crippen molar-refractivity contribution in [2.24, 2.45) is 0 Å². The first-order valence-electron chi connectivity index (χ1n) is 8.81. The molecule has 28 heavy (non-hydrogen) atoms. The summed E-state index contributed by atoms with van der Waals surface area (Å²) in [6.07, 6.45) is 0.290. The fourth-order valence-corrected chi connectivity index (χ4v) is 2.57. The van der Waals surface area contributed by atoms with Crippen LogP contribution in [0.4, 0.5) is 0 Å². The summed E-state index contributed by atoms with van der Waals surface area (Å²) in [4.78, 5) is 36.8. The number of methoxy groups -OCH3 is 2. The van der Waals surface area contributed by atoms with Crippen molar-refractivity contribution >= 4 is 17.8 Å². The monoisotopic (exact) mass is 384 g/mol. The quantitative estimate of drug-likeness (QED) is 0.676. The van der Waals surface area contributed by atoms with Gasteiger partial charge in [0.2, 0.25) is 5.91 Å². The zero-order valence-corrected chi connectivity index (χ0v) is 16.1. The van der Waals surface area contributed by atoms with E-state index in [1.165, 1.54) is 14.2 Å². The van der Waals surface area contributed by atoms with Gasteiger partial charge in [0.1, 0.15) is 17.8 Å². The fraction of sp³-hybridized carbons (Fsp3) is 0.286. The van der Waals surface area contributed by atoms with Gasteiger partial charge in [-0.15, -0.1) is 0 Å². The van der Waals surface area contributed by atoms with Crippen LogP contribution in [0, 0.1) is 0 Å². The van der Waals surface area contributed by atoms with Crippen LogP contribution in [-0.2, 0) is 20.7 Å². The molecule has 0 heterocycles. The highest BCUT2D eigenvalue weighted by atomic mass is 16.5. The van der Waals surface area contributed by atoms with Crippen LogP contribution in [0.25, 0.3) is 0 Å². The van der Waals surface area contributed by atoms with E-state index in [-0.39, 0.29) is 0 Å². The van der Waals surface area contributed by atoms with Gasteiger partial charge < -0.3 is 20.1 Å². The number of rotatable bonds is 8. The van der Waals surface area contributed by atoms with Crippen molar-refractivity contribution in [1.29, 1.82) is 0 Å². The van der Waals surface area contributed by atoms with Crippen molar-refractivity contribution in [1.82, 2.24) is 10.6 Å². The third kappa shape index (κ3) is 5.84. The molecule has 2 atom stereocenters. The van der Waals surface area contributed by atoms with Crippen LogP contribution in [0.15, 0.2) is 54.6 Å². The van der Waals surface area contributed by atoms with E-state index in [1.54, 1.807) is 31.2 Å². The van der Waals surface area contributed by atoms with Crippen LogP contribution < -0.4 is 15.4 Å². The molecule has 0 aliphatic carbocycles. The maximum absolute atomic E-state index is 12.5. The van der Waals surface area contributed by atoms with E-state index in [0.29, 0.717) is 17.7 Å². The topological polar surface area (TPSA) is 93.7 Å². The second kappa shape index (κ2) is 10.1. The van der Waals surface area contributed by atoms with Gasteiger partial charge in [-0.05, 0) is 36.8 Å². The van der Waals surface area contributed by atoms with E-state index in [2.05, 4.69) is 10.6 Å². The second-order valence-corrected chi connectivity index (χ2v) is 6.20. The molecule has 0 fully saturated rings. The van der Waals surface area contributed by atoms with Crippen molar-refractivity contribution in [2.75, 3.05) is 14.2 Å². The molecular weight excluding hydrogens is 360 g/mol. The van der Waals surface area contributed by atoms with Crippen molar-refractivity contribution in [2.45, 2.75) is 25.4 Å². The lowest BCUT2D eigenvalue weighted by molar-refractivity contribution is -0.145. The predicted molar refractivity (Wildman–Crippen MR) is 104 cm³/mol. The van der Waals surface area contributed by atoms with Crippen molar-refractivity contribution in [3.63, 3.8) is 0 Å². The molecule has 0 aliphatic rings. The Labute approximate surface area is 164 Å². The van der Waals surface area contributed by atoms with Crippen LogP contribution in [0.5, 0.6) is 5.75 Å². The molecule has 2 rings (SSSR count). The van der Waals surface area contributed by atoms with Crippen LogP contribution in [0.1, 0.15) is 22.8 Å². The number of hydrogen-bond donors (Lipinski definition) is 2. The number of esters is 1. The minimum Gasteiger partial charge on any atom is -0.497 e. The van der Waals surface area contributed by atoms with Crippen LogP contribution in [0.2, 0.25) is 0 Å². The molecule has 0 bridgehead atoms. The molecule has 2 N–H and O–H groups in total. The summed E-state index contributed by atoms with van der Waals surface area (Å²) in [6.45, 7) is 1.55. The van der Waals surface area contributed by atoms with Crippen molar-refractivity contribution in [3.8, 4) is 5.75 Å². The standard InChI is InChI=1S/C21H24N2O5/c1-14(22-20(25)16-9-11-17(27-2)12-10-16)19(24)23-18(21(26)28-3)13-15-7-5-4-6-8-15/h4-12,14,18H,13H2,1-3H3,(H,22,25)(H,23,24)/t14-,18-/m0/s1. The minimum atomic E-state index is -0.847. The fourth-order valence-electron chi connectivity index (χ4n) is 2.57. The maximum atomic E-state index is 12.5. The third-order valence-electron chi connectivity index (χ3n) is 4.18. The van der Waals surface area contributed by atoms with Gasteiger partial charge in [0, 0.05) is 12.0 Å². The summed E-state index contributed by atoms with van der Waals surface area (Å²) < 4.78 is 9.84. The van der Waals surface area contributed by atoms with Crippen LogP contribution >= 0.6 is 0 Å². The zero-order chi connectivity index (χ0) is 20.5. The number of hydrogen-bond acceptors (Lipinski definition) is 5. The number of carbonyl (C=O) groups is 3. The molecule has 148 valence electrons. The van der Waals surface area contributed by atoms with E-state index < -0.39 is 29.9 Å². The molecular formula is C21H24N2O5. The van der Waals surface area contributed by atoms with Gasteiger partial charge >= 0.3 is 5.97 Å². The molecule has 7 heteroatoms. The summed E-state index contributed by atoms with van der Waals surface area (Å²) in [5.41, 5.74) is 1.28. The molecule has 0 saturated heterocycles. The first-order chi connectivity index (χ1) is 13.4. The lowest BCUT2D eigenvalue weighted by atomic mass is 10.1. The normalized spacial score (nSPS) is 12.4. The average molecular weight is 384 g/mol. The van der Waals surface area contributed by atoms with Crippen LogP contribution in [0.3, 0.4) is 0 Å². The SMILES string of the molecule is COC(=O)[C@H](Cc1ccccc1)NC(=O)[C@H](C)NC(=O)c1ccc(OC)cc1. The molecule has 2 aromatic rings. The highest BCUT2D eigenvalue weighted by molar-refractivity contribution is 5.98. The first kappa shape index (κ1) is 21.0. The van der Waals surface area contributed by atoms with E-state index >= 15 is 0 Å². The summed E-state index contributed by atoms with van der Waals surface area (Å²) in [5, 5.41) is 5.26. The summed E-state index contributed by atoms with van der Waals surface area (Å²) in [5.74, 6) is -0.800. The Morgan fingerprint density at radius 1 is 0.929 bits per heavy atom. The molecule has 7 nitrogen and oxygen atoms in total. The maximum Gasteiger partial charge on any atom is 0.328 e. The molecule has 0 unspecified atom stereocenters. The number of benzene rings is 2. The smallest absolute Gasteiger partial charge is 0.328 e. The summed E-state index contributed by atoms with van der Waals surface area (Å²) >= 11 is 0. The number of ether oxygens (including phenoxy) is 2. The lowest BCUT2D eigenvalue weighted by Gasteiger charge is -2.20. The number of nitrogens with one attached hydrogen (secondary N) is 2. The largest absolute Gasteiger partial charge is 0.497 e. The number of carbonyl (C=O) groups excluding carboxylic acids is 3. The van der Waals surface area contributed by atoms with Gasteiger partial charge in [-0.1, -0.05) is 30.3 Å². The Bertz CT molecular complexity index is 805. The Morgan fingerprint density at radius 2 is 1.57 bits per heavy atom. The van der Waals surface area contributed by atoms with E-state index in [9.17, 15) is 14.4 Å². The number of amides is 2. The van der Waals surface area contributed by atoms with E-state index in [1.807, 2.05) is 30.3 Å². The molecule has 2 aromatic carbocycles. The summed E-state index contributed by atoms with van der Waals surface area (Å²) in [6, 6.07) is 14.1. The van der Waals surface area contributed by atoms with Gasteiger partial charge in [0.15, 0.2) is 0 Å². The van der Waals surface area contributed by atoms with E-state index in [0.717, 1.165) is 5.56 Å². The molecule has 2 amide bonds. The highest BCUT2D eigenvalue weighted by Gasteiger charge is 2.25. The molecule has 0 aromatic heterocycles. The summed E-state index contributed by atoms with van der Waals surface area (Å²) in [7, 11) is 2.80. The van der Waals surface area contributed by atoms with Gasteiger partial charge in [0.25, 0.3) is 5.91 Å². The lowest BCUT2D eigenvalue weighted by Crippen LogP contribution is -2.51. The first-order valence-corrected chi connectivity index (χ1v) is 8.81. The van der Waals surface area contributed by atoms with Crippen LogP contribution in [-0.4, -0.2) is 44.1 Å². The molecule has 0 saturated carbocycles. The minimum absolute atomic E-state index is 0.290. The predicted octanol–water partition coefficient (Wildman–Crippen LogP) is 1.71. The highest BCUT2D eigenvalue weighted by Crippen LogP contribution is 2.11. The Morgan fingerprint density at radius 3 is 2.14 bits per heavy atom. The Balaban J connectivity index is 1.99. The second-order valence-electron chi connectivity index (χ2n) is 6.20. The van der Waals surface area contributed by atoms with Gasteiger partial charge in [0.05, 0.1) is 14.2 Å². The Kier molecular flexibility index (Phi) is 7.56. The van der Waals surface area contributed by atoms with Gasteiger partial charge in [-0.25, -0.2) is 4.79 Å². The Hall–Kier alpha value is -3.35. The van der Waals surface area contributed by atoms with Crippen molar-refractivity contribution < 1.29 is 23.9 Å². The van der Waals surface area contributed by atoms with E-state index in [4.69, 9.17) is 9.47 Å². The van der Waals surface area contributed by atoms with Gasteiger partial charge in [-0.3, -0.25) is 9.59 Å². The third-order valence-corrected chi connectivity index (χ3v) is 4.18. The molecule has 0 radical (unpaired) electrons. The molecule has 0 spiro atoms. The zero-order valence-electron chi connectivity index (χ0n) is 16.1. The van der Waals surface area contributed by atoms with Crippen molar-refractivity contribution in [3.05, 3.63) is 65.7 Å².